The highest BCUT2D eigenvalue weighted by Gasteiger charge is 2.15. The SMILES string of the molecule is CCCc1sc(NC(=O)c2cccc(Cl)c2)nc1-c1ccc(OCC)cc1. The van der Waals surface area contributed by atoms with Gasteiger partial charge >= 0.3 is 0 Å². The predicted molar refractivity (Wildman–Crippen MR) is 112 cm³/mol. The van der Waals surface area contributed by atoms with Crippen molar-refractivity contribution in [3.63, 3.8) is 0 Å². The Morgan fingerprint density at radius 1 is 1.19 bits per heavy atom. The van der Waals surface area contributed by atoms with Crippen molar-refractivity contribution in [3.05, 3.63) is 64.0 Å². The van der Waals surface area contributed by atoms with E-state index in [-0.39, 0.29) is 5.91 Å². The summed E-state index contributed by atoms with van der Waals surface area (Å²) in [6.45, 7) is 4.73. The zero-order valence-electron chi connectivity index (χ0n) is 15.3. The van der Waals surface area contributed by atoms with Crippen LogP contribution in [0.15, 0.2) is 48.5 Å². The molecule has 140 valence electrons. The Hall–Kier alpha value is -2.37. The zero-order valence-corrected chi connectivity index (χ0v) is 16.9. The molecular weight excluding hydrogens is 380 g/mol. The van der Waals surface area contributed by atoms with Gasteiger partial charge in [-0.2, -0.15) is 0 Å². The Bertz CT molecular complexity index is 922. The van der Waals surface area contributed by atoms with E-state index in [2.05, 4.69) is 17.2 Å². The van der Waals surface area contributed by atoms with Gasteiger partial charge in [-0.15, -0.1) is 11.3 Å². The number of aryl methyl sites for hydroxylation is 1. The molecule has 0 spiro atoms. The van der Waals surface area contributed by atoms with Crippen molar-refractivity contribution in [3.8, 4) is 17.0 Å². The number of carbonyl (C=O) groups is 1. The first-order chi connectivity index (χ1) is 13.1. The van der Waals surface area contributed by atoms with Gasteiger partial charge in [-0.1, -0.05) is 31.0 Å². The number of hydrogen-bond donors (Lipinski definition) is 1. The molecule has 0 radical (unpaired) electrons. The molecule has 0 fully saturated rings. The molecule has 6 heteroatoms. The number of amides is 1. The van der Waals surface area contributed by atoms with Crippen LogP contribution < -0.4 is 10.1 Å². The molecule has 1 heterocycles. The van der Waals surface area contributed by atoms with Crippen LogP contribution in [0.25, 0.3) is 11.3 Å². The highest BCUT2D eigenvalue weighted by Crippen LogP contribution is 2.33. The number of hydrogen-bond acceptors (Lipinski definition) is 4. The number of nitrogens with zero attached hydrogens (tertiary/aromatic N) is 1. The predicted octanol–water partition coefficient (Wildman–Crippen LogP) is 6.07. The second-order valence-corrected chi connectivity index (χ2v) is 7.48. The second-order valence-electron chi connectivity index (χ2n) is 5.96. The molecule has 0 saturated carbocycles. The molecule has 1 N–H and O–H groups in total. The van der Waals surface area contributed by atoms with Crippen LogP contribution in [-0.2, 0) is 6.42 Å². The van der Waals surface area contributed by atoms with Gasteiger partial charge in [0.15, 0.2) is 5.13 Å². The lowest BCUT2D eigenvalue weighted by Crippen LogP contribution is -2.11. The maximum Gasteiger partial charge on any atom is 0.257 e. The largest absolute Gasteiger partial charge is 0.494 e. The summed E-state index contributed by atoms with van der Waals surface area (Å²) in [5, 5.41) is 4.01. The molecule has 0 atom stereocenters. The lowest BCUT2D eigenvalue weighted by Gasteiger charge is -2.05. The minimum atomic E-state index is -0.215. The summed E-state index contributed by atoms with van der Waals surface area (Å²) in [7, 11) is 0. The molecule has 0 bridgehead atoms. The average Bonchev–Trinajstić information content (AvgIpc) is 3.05. The Morgan fingerprint density at radius 2 is 1.96 bits per heavy atom. The first-order valence-corrected chi connectivity index (χ1v) is 10.1. The summed E-state index contributed by atoms with van der Waals surface area (Å²) in [4.78, 5) is 18.3. The molecule has 0 aliphatic carbocycles. The molecule has 0 aliphatic heterocycles. The minimum Gasteiger partial charge on any atom is -0.494 e. The Balaban J connectivity index is 1.85. The Kier molecular flexibility index (Phi) is 6.48. The molecule has 2 aromatic carbocycles. The fraction of sp³-hybridized carbons (Fsp3) is 0.238. The van der Waals surface area contributed by atoms with Crippen molar-refractivity contribution >= 4 is 34.0 Å². The number of anilines is 1. The number of carbonyl (C=O) groups excluding carboxylic acids is 1. The molecule has 4 nitrogen and oxygen atoms in total. The van der Waals surface area contributed by atoms with E-state index in [1.54, 1.807) is 24.3 Å². The number of thiazole rings is 1. The van der Waals surface area contributed by atoms with E-state index in [0.29, 0.717) is 22.3 Å². The molecule has 0 saturated heterocycles. The fourth-order valence-electron chi connectivity index (χ4n) is 2.70. The van der Waals surface area contributed by atoms with Gasteiger partial charge in [0.1, 0.15) is 5.75 Å². The standard InChI is InChI=1S/C21H21ClN2O2S/c1-3-6-18-19(14-9-11-17(12-10-14)26-4-2)23-21(27-18)24-20(25)15-7-5-8-16(22)13-15/h5,7-13H,3-4,6H2,1-2H3,(H,23,24,25). The maximum absolute atomic E-state index is 12.5. The van der Waals surface area contributed by atoms with Crippen LogP contribution in [0.5, 0.6) is 5.75 Å². The van der Waals surface area contributed by atoms with E-state index >= 15 is 0 Å². The first kappa shape index (κ1) is 19.4. The van der Waals surface area contributed by atoms with Crippen LogP contribution in [0.2, 0.25) is 5.02 Å². The van der Waals surface area contributed by atoms with E-state index in [9.17, 15) is 4.79 Å². The maximum atomic E-state index is 12.5. The molecule has 27 heavy (non-hydrogen) atoms. The second kappa shape index (κ2) is 9.02. The summed E-state index contributed by atoms with van der Waals surface area (Å²) in [5.41, 5.74) is 2.44. The first-order valence-electron chi connectivity index (χ1n) is 8.90. The lowest BCUT2D eigenvalue weighted by molar-refractivity contribution is 0.102. The van der Waals surface area contributed by atoms with Crippen molar-refractivity contribution < 1.29 is 9.53 Å². The van der Waals surface area contributed by atoms with Gasteiger partial charge in [0.25, 0.3) is 5.91 Å². The van der Waals surface area contributed by atoms with Crippen LogP contribution in [0, 0.1) is 0 Å². The van der Waals surface area contributed by atoms with Crippen LogP contribution in [0.3, 0.4) is 0 Å². The minimum absolute atomic E-state index is 0.215. The summed E-state index contributed by atoms with van der Waals surface area (Å²) >= 11 is 7.49. The summed E-state index contributed by atoms with van der Waals surface area (Å²) in [6, 6.07) is 14.8. The number of halogens is 1. The molecule has 1 aromatic heterocycles. The molecule has 3 aromatic rings. The van der Waals surface area contributed by atoms with Crippen LogP contribution in [0.1, 0.15) is 35.5 Å². The fourth-order valence-corrected chi connectivity index (χ4v) is 3.97. The van der Waals surface area contributed by atoms with Gasteiger partial charge in [-0.25, -0.2) is 4.98 Å². The number of rotatable bonds is 7. The van der Waals surface area contributed by atoms with Crippen molar-refractivity contribution in [2.24, 2.45) is 0 Å². The summed E-state index contributed by atoms with van der Waals surface area (Å²) < 4.78 is 5.51. The monoisotopic (exact) mass is 400 g/mol. The Labute approximate surface area is 168 Å². The average molecular weight is 401 g/mol. The number of benzene rings is 2. The molecular formula is C21H21ClN2O2S. The highest BCUT2D eigenvalue weighted by atomic mass is 35.5. The van der Waals surface area contributed by atoms with Crippen molar-refractivity contribution in [1.82, 2.24) is 4.98 Å². The summed E-state index contributed by atoms with van der Waals surface area (Å²) in [6.07, 6.45) is 1.92. The third kappa shape index (κ3) is 4.87. The summed E-state index contributed by atoms with van der Waals surface area (Å²) in [5.74, 6) is 0.621. The van der Waals surface area contributed by atoms with Crippen molar-refractivity contribution in [2.75, 3.05) is 11.9 Å². The smallest absolute Gasteiger partial charge is 0.257 e. The zero-order chi connectivity index (χ0) is 19.2. The van der Waals surface area contributed by atoms with E-state index in [0.717, 1.165) is 34.7 Å². The third-order valence-electron chi connectivity index (χ3n) is 3.92. The molecule has 3 rings (SSSR count). The van der Waals surface area contributed by atoms with Crippen molar-refractivity contribution in [2.45, 2.75) is 26.7 Å². The molecule has 1 amide bonds. The van der Waals surface area contributed by atoms with Gasteiger partial charge < -0.3 is 4.74 Å². The highest BCUT2D eigenvalue weighted by molar-refractivity contribution is 7.16. The third-order valence-corrected chi connectivity index (χ3v) is 5.19. The van der Waals surface area contributed by atoms with Crippen LogP contribution in [0.4, 0.5) is 5.13 Å². The van der Waals surface area contributed by atoms with E-state index in [1.165, 1.54) is 11.3 Å². The van der Waals surface area contributed by atoms with E-state index in [1.807, 2.05) is 31.2 Å². The van der Waals surface area contributed by atoms with Crippen LogP contribution >= 0.6 is 22.9 Å². The van der Waals surface area contributed by atoms with Crippen LogP contribution in [-0.4, -0.2) is 17.5 Å². The lowest BCUT2D eigenvalue weighted by atomic mass is 10.1. The number of nitrogens with one attached hydrogen (secondary N) is 1. The quantitative estimate of drug-likeness (QED) is 0.523. The number of aromatic nitrogens is 1. The van der Waals surface area contributed by atoms with Gasteiger partial charge in [-0.3, -0.25) is 10.1 Å². The van der Waals surface area contributed by atoms with Gasteiger partial charge in [-0.05, 0) is 55.8 Å². The topological polar surface area (TPSA) is 51.2 Å². The van der Waals surface area contributed by atoms with Gasteiger partial charge in [0, 0.05) is 21.0 Å². The molecule has 0 unspecified atom stereocenters. The van der Waals surface area contributed by atoms with E-state index in [4.69, 9.17) is 16.3 Å². The van der Waals surface area contributed by atoms with Gasteiger partial charge in [0.05, 0.1) is 12.3 Å². The van der Waals surface area contributed by atoms with E-state index < -0.39 is 0 Å². The van der Waals surface area contributed by atoms with Crippen molar-refractivity contribution in [1.29, 1.82) is 0 Å². The Morgan fingerprint density at radius 3 is 2.63 bits per heavy atom. The molecule has 0 aliphatic rings. The van der Waals surface area contributed by atoms with Gasteiger partial charge in [0.2, 0.25) is 0 Å². The normalized spacial score (nSPS) is 10.6. The number of ether oxygens (including phenoxy) is 1.